The summed E-state index contributed by atoms with van der Waals surface area (Å²) in [4.78, 5) is 37.4. The van der Waals surface area contributed by atoms with Crippen molar-refractivity contribution < 1.29 is 19.4 Å². The van der Waals surface area contributed by atoms with Gasteiger partial charge in [0, 0.05) is 31.7 Å². The Hall–Kier alpha value is -5.18. The molecule has 0 aliphatic carbocycles. The van der Waals surface area contributed by atoms with E-state index in [1.54, 1.807) is 12.5 Å². The van der Waals surface area contributed by atoms with Crippen LogP contribution in [0, 0.1) is 13.8 Å². The first kappa shape index (κ1) is 27.0. The molecule has 0 radical (unpaired) electrons. The number of amides is 1. The highest BCUT2D eigenvalue weighted by Crippen LogP contribution is 2.41. The lowest BCUT2D eigenvalue weighted by molar-refractivity contribution is -0.139. The van der Waals surface area contributed by atoms with Crippen LogP contribution in [-0.2, 0) is 22.7 Å². The van der Waals surface area contributed by atoms with Crippen LogP contribution in [0.5, 0.6) is 5.75 Å². The largest absolute Gasteiger partial charge is 0.505 e. The molecule has 1 unspecified atom stereocenters. The van der Waals surface area contributed by atoms with Gasteiger partial charge in [-0.3, -0.25) is 9.59 Å². The first-order valence-corrected chi connectivity index (χ1v) is 13.9. The van der Waals surface area contributed by atoms with Gasteiger partial charge in [0.2, 0.25) is 0 Å². The third-order valence-electron chi connectivity index (χ3n) is 7.64. The molecule has 2 aromatic carbocycles. The van der Waals surface area contributed by atoms with E-state index in [1.807, 2.05) is 102 Å². The predicted octanol–water partition coefficient (Wildman–Crippen LogP) is 5.24. The van der Waals surface area contributed by atoms with Gasteiger partial charge in [0.25, 0.3) is 11.7 Å². The van der Waals surface area contributed by atoms with E-state index < -0.39 is 17.7 Å². The fraction of sp³-hybridized carbons (Fsp3) is 0.212. The quantitative estimate of drug-likeness (QED) is 0.150. The number of pyridine rings is 1. The SMILES string of the molecule is Cc1cccn2c(C)c(/C(O)=C3\C(=O)C(=O)N(CCCn4ccnc4)C3c3cccc(OCc4ccccc4)c3)nc12. The summed E-state index contributed by atoms with van der Waals surface area (Å²) in [5.41, 5.74) is 4.27. The van der Waals surface area contributed by atoms with Crippen molar-refractivity contribution in [2.45, 2.75) is 39.5 Å². The van der Waals surface area contributed by atoms with Crippen molar-refractivity contribution >= 4 is 23.1 Å². The second kappa shape index (κ2) is 11.4. The van der Waals surface area contributed by atoms with E-state index in [1.165, 1.54) is 4.90 Å². The minimum Gasteiger partial charge on any atom is -0.505 e. The fourth-order valence-corrected chi connectivity index (χ4v) is 5.49. The van der Waals surface area contributed by atoms with Crippen molar-refractivity contribution in [1.29, 1.82) is 0 Å². The van der Waals surface area contributed by atoms with Crippen molar-refractivity contribution in [3.8, 4) is 5.75 Å². The van der Waals surface area contributed by atoms with Crippen molar-refractivity contribution in [3.63, 3.8) is 0 Å². The van der Waals surface area contributed by atoms with E-state index in [-0.39, 0.29) is 17.0 Å². The Balaban J connectivity index is 1.40. The van der Waals surface area contributed by atoms with E-state index in [9.17, 15) is 14.7 Å². The summed E-state index contributed by atoms with van der Waals surface area (Å²) in [6.45, 7) is 5.08. The number of nitrogens with zero attached hydrogens (tertiary/aromatic N) is 5. The van der Waals surface area contributed by atoms with Crippen LogP contribution in [0.3, 0.4) is 0 Å². The monoisotopic (exact) mass is 561 g/mol. The molecule has 1 aliphatic heterocycles. The molecule has 42 heavy (non-hydrogen) atoms. The van der Waals surface area contributed by atoms with Crippen LogP contribution in [0.25, 0.3) is 11.4 Å². The number of carbonyl (C=O) groups excluding carboxylic acids is 2. The average molecular weight is 562 g/mol. The van der Waals surface area contributed by atoms with E-state index in [0.717, 1.165) is 11.1 Å². The Morgan fingerprint density at radius 1 is 0.976 bits per heavy atom. The van der Waals surface area contributed by atoms with Crippen molar-refractivity contribution in [3.05, 3.63) is 125 Å². The molecule has 4 heterocycles. The van der Waals surface area contributed by atoms with Crippen LogP contribution in [0.4, 0.5) is 0 Å². The van der Waals surface area contributed by atoms with Crippen molar-refractivity contribution in [2.75, 3.05) is 6.54 Å². The number of benzene rings is 2. The van der Waals surface area contributed by atoms with Crippen molar-refractivity contribution in [1.82, 2.24) is 23.8 Å². The van der Waals surface area contributed by atoms with Crippen LogP contribution < -0.4 is 4.74 Å². The zero-order valence-electron chi connectivity index (χ0n) is 23.5. The van der Waals surface area contributed by atoms with Crippen molar-refractivity contribution in [2.24, 2.45) is 0 Å². The molecule has 0 bridgehead atoms. The highest BCUT2D eigenvalue weighted by atomic mass is 16.5. The lowest BCUT2D eigenvalue weighted by Gasteiger charge is -2.25. The number of hydrogen-bond donors (Lipinski definition) is 1. The highest BCUT2D eigenvalue weighted by Gasteiger charge is 2.46. The van der Waals surface area contributed by atoms with Gasteiger partial charge in [-0.25, -0.2) is 9.97 Å². The van der Waals surface area contributed by atoms with Crippen LogP contribution in [0.15, 0.2) is 97.2 Å². The maximum atomic E-state index is 13.6. The Kier molecular flexibility index (Phi) is 7.31. The van der Waals surface area contributed by atoms with Gasteiger partial charge in [-0.1, -0.05) is 48.5 Å². The Labute approximate surface area is 243 Å². The molecule has 1 N–H and O–H groups in total. The van der Waals surface area contributed by atoms with Gasteiger partial charge in [0.15, 0.2) is 5.76 Å². The molecule has 1 amide bonds. The minimum atomic E-state index is -0.807. The molecular formula is C33H31N5O4. The Morgan fingerprint density at radius 2 is 1.81 bits per heavy atom. The summed E-state index contributed by atoms with van der Waals surface area (Å²) < 4.78 is 9.87. The maximum absolute atomic E-state index is 13.6. The number of hydrogen-bond acceptors (Lipinski definition) is 6. The number of aromatic nitrogens is 4. The summed E-state index contributed by atoms with van der Waals surface area (Å²) in [6.07, 6.45) is 7.73. The number of aliphatic hydroxyl groups excluding tert-OH is 1. The van der Waals surface area contributed by atoms with Crippen LogP contribution in [-0.4, -0.2) is 47.2 Å². The molecular weight excluding hydrogens is 530 g/mol. The first-order valence-electron chi connectivity index (χ1n) is 13.9. The number of aliphatic hydroxyl groups is 1. The summed E-state index contributed by atoms with van der Waals surface area (Å²) in [5, 5.41) is 11.7. The number of ketones is 1. The molecule has 0 saturated carbocycles. The smallest absolute Gasteiger partial charge is 0.295 e. The van der Waals surface area contributed by atoms with Gasteiger partial charge < -0.3 is 23.7 Å². The molecule has 0 spiro atoms. The highest BCUT2D eigenvalue weighted by molar-refractivity contribution is 6.46. The van der Waals surface area contributed by atoms with E-state index in [0.29, 0.717) is 48.8 Å². The van der Waals surface area contributed by atoms with E-state index in [2.05, 4.69) is 9.97 Å². The van der Waals surface area contributed by atoms with Crippen LogP contribution >= 0.6 is 0 Å². The van der Waals surface area contributed by atoms with E-state index in [4.69, 9.17) is 4.74 Å². The van der Waals surface area contributed by atoms with Gasteiger partial charge >= 0.3 is 0 Å². The fourth-order valence-electron chi connectivity index (χ4n) is 5.49. The molecule has 3 aromatic heterocycles. The number of imidazole rings is 2. The second-order valence-corrected chi connectivity index (χ2v) is 10.4. The lowest BCUT2D eigenvalue weighted by Crippen LogP contribution is -2.31. The summed E-state index contributed by atoms with van der Waals surface area (Å²) in [7, 11) is 0. The molecule has 1 saturated heterocycles. The molecule has 212 valence electrons. The second-order valence-electron chi connectivity index (χ2n) is 10.4. The molecule has 9 heteroatoms. The predicted molar refractivity (Wildman–Crippen MR) is 158 cm³/mol. The number of aryl methyl sites for hydroxylation is 3. The normalized spacial score (nSPS) is 16.4. The van der Waals surface area contributed by atoms with Gasteiger partial charge in [0.05, 0.1) is 23.6 Å². The van der Waals surface area contributed by atoms with E-state index >= 15 is 0 Å². The number of rotatable bonds is 9. The van der Waals surface area contributed by atoms with Gasteiger partial charge in [-0.05, 0) is 55.2 Å². The topological polar surface area (TPSA) is 102 Å². The number of Topliss-reactive ketones (excluding diaryl/α,β-unsaturated/α-hetero) is 1. The molecule has 1 aliphatic rings. The summed E-state index contributed by atoms with van der Waals surface area (Å²) in [5.74, 6) is -1.07. The average Bonchev–Trinajstić information content (AvgIpc) is 3.71. The van der Waals surface area contributed by atoms with Gasteiger partial charge in [0.1, 0.15) is 23.7 Å². The number of ether oxygens (including phenoxy) is 1. The van der Waals surface area contributed by atoms with Crippen LogP contribution in [0.1, 0.15) is 40.5 Å². The van der Waals surface area contributed by atoms with Crippen LogP contribution in [0.2, 0.25) is 0 Å². The molecule has 5 aromatic rings. The molecule has 1 atom stereocenters. The third-order valence-corrected chi connectivity index (χ3v) is 7.64. The number of fused-ring (bicyclic) bond motifs is 1. The number of likely N-dealkylation sites (tertiary alicyclic amines) is 1. The molecule has 1 fully saturated rings. The zero-order valence-corrected chi connectivity index (χ0v) is 23.5. The Morgan fingerprint density at radius 3 is 2.57 bits per heavy atom. The number of carbonyl (C=O) groups is 2. The maximum Gasteiger partial charge on any atom is 0.295 e. The molecule has 6 rings (SSSR count). The van der Waals surface area contributed by atoms with Gasteiger partial charge in [-0.15, -0.1) is 0 Å². The first-order chi connectivity index (χ1) is 20.4. The summed E-state index contributed by atoms with van der Waals surface area (Å²) >= 11 is 0. The summed E-state index contributed by atoms with van der Waals surface area (Å²) in [6, 6.07) is 20.2. The third kappa shape index (κ3) is 5.05. The standard InChI is InChI=1S/C33H31N5O4/c1-22-9-7-16-37-23(2)28(35-32(22)37)30(39)27-29(38(33(41)31(27)40)17-8-15-36-18-14-34-21-36)25-12-6-13-26(19-25)42-20-24-10-4-3-5-11-24/h3-7,9-14,16,18-19,21,29,39H,8,15,17,20H2,1-2H3/b30-27+. The zero-order chi connectivity index (χ0) is 29.2. The molecule has 9 nitrogen and oxygen atoms in total. The minimum absolute atomic E-state index is 0.0204. The Bertz CT molecular complexity index is 1790. The lowest BCUT2D eigenvalue weighted by atomic mass is 9.96. The van der Waals surface area contributed by atoms with Gasteiger partial charge in [-0.2, -0.15) is 0 Å².